The van der Waals surface area contributed by atoms with Crippen LogP contribution >= 0.6 is 0 Å². The minimum absolute atomic E-state index is 0.0244. The first-order valence-electron chi connectivity index (χ1n) is 5.78. The normalized spacial score (nSPS) is 23.1. The van der Waals surface area contributed by atoms with Gasteiger partial charge in [0.15, 0.2) is 0 Å². The topological polar surface area (TPSA) is 61.4 Å². The Balaban J connectivity index is 2.33. The Morgan fingerprint density at radius 3 is 2.80 bits per heavy atom. The lowest BCUT2D eigenvalue weighted by molar-refractivity contribution is -0.123. The molecule has 0 radical (unpaired) electrons. The number of amides is 1. The van der Waals surface area contributed by atoms with Gasteiger partial charge in [0.05, 0.1) is 18.7 Å². The maximum Gasteiger partial charge on any atom is 0.237 e. The van der Waals surface area contributed by atoms with Crippen molar-refractivity contribution in [1.82, 2.24) is 10.6 Å². The van der Waals surface area contributed by atoms with Gasteiger partial charge in [-0.2, -0.15) is 0 Å². The fourth-order valence-electron chi connectivity index (χ4n) is 1.96. The smallest absolute Gasteiger partial charge is 0.237 e. The van der Waals surface area contributed by atoms with Crippen molar-refractivity contribution in [1.29, 1.82) is 0 Å². The molecule has 1 aliphatic rings. The number of nitrogens with one attached hydrogen (secondary N) is 2. The third kappa shape index (κ3) is 4.18. The molecule has 0 aromatic carbocycles. The van der Waals surface area contributed by atoms with Gasteiger partial charge in [0.2, 0.25) is 5.91 Å². The first-order chi connectivity index (χ1) is 7.13. The van der Waals surface area contributed by atoms with Crippen LogP contribution in [0.2, 0.25) is 0 Å². The van der Waals surface area contributed by atoms with Crippen LogP contribution in [0.5, 0.6) is 0 Å². The molecule has 1 fully saturated rings. The van der Waals surface area contributed by atoms with E-state index in [0.717, 1.165) is 25.8 Å². The van der Waals surface area contributed by atoms with Gasteiger partial charge in [-0.1, -0.05) is 13.8 Å². The molecule has 15 heavy (non-hydrogen) atoms. The number of aliphatic hydroxyl groups is 1. The fourth-order valence-corrected chi connectivity index (χ4v) is 1.96. The van der Waals surface area contributed by atoms with E-state index < -0.39 is 0 Å². The Labute approximate surface area is 91.4 Å². The predicted octanol–water partition coefficient (Wildman–Crippen LogP) is 0.262. The Morgan fingerprint density at radius 1 is 1.60 bits per heavy atom. The van der Waals surface area contributed by atoms with Crippen LogP contribution in [0.25, 0.3) is 0 Å². The summed E-state index contributed by atoms with van der Waals surface area (Å²) in [5.74, 6) is 0.520. The SMILES string of the molecule is CC(C)CC(CO)NC(=O)C1CCCN1. The molecule has 1 amide bonds. The molecule has 1 aliphatic heterocycles. The van der Waals surface area contributed by atoms with Crippen molar-refractivity contribution in [3.05, 3.63) is 0 Å². The molecule has 0 saturated carbocycles. The van der Waals surface area contributed by atoms with Crippen LogP contribution in [0, 0.1) is 5.92 Å². The average molecular weight is 214 g/mol. The highest BCUT2D eigenvalue weighted by molar-refractivity contribution is 5.82. The van der Waals surface area contributed by atoms with E-state index in [0.29, 0.717) is 5.92 Å². The molecule has 1 saturated heterocycles. The zero-order chi connectivity index (χ0) is 11.3. The third-order valence-corrected chi connectivity index (χ3v) is 2.70. The second-order valence-electron chi connectivity index (χ2n) is 4.67. The summed E-state index contributed by atoms with van der Waals surface area (Å²) in [4.78, 5) is 11.7. The number of rotatable bonds is 5. The van der Waals surface area contributed by atoms with Gasteiger partial charge < -0.3 is 15.7 Å². The van der Waals surface area contributed by atoms with Crippen LogP contribution in [0.4, 0.5) is 0 Å². The summed E-state index contributed by atoms with van der Waals surface area (Å²) in [6.45, 7) is 5.12. The van der Waals surface area contributed by atoms with Crippen molar-refractivity contribution in [3.8, 4) is 0 Å². The summed E-state index contributed by atoms with van der Waals surface area (Å²) < 4.78 is 0. The average Bonchev–Trinajstić information content (AvgIpc) is 2.68. The number of carbonyl (C=O) groups is 1. The Hall–Kier alpha value is -0.610. The fraction of sp³-hybridized carbons (Fsp3) is 0.909. The van der Waals surface area contributed by atoms with Crippen molar-refractivity contribution in [2.75, 3.05) is 13.2 Å². The Kier molecular flexibility index (Phi) is 5.05. The highest BCUT2D eigenvalue weighted by atomic mass is 16.3. The molecule has 2 atom stereocenters. The van der Waals surface area contributed by atoms with Crippen molar-refractivity contribution >= 4 is 5.91 Å². The van der Waals surface area contributed by atoms with Crippen LogP contribution in [-0.4, -0.2) is 36.2 Å². The van der Waals surface area contributed by atoms with E-state index >= 15 is 0 Å². The van der Waals surface area contributed by atoms with E-state index in [-0.39, 0.29) is 24.6 Å². The molecule has 0 spiro atoms. The van der Waals surface area contributed by atoms with Crippen molar-refractivity contribution in [2.24, 2.45) is 5.92 Å². The van der Waals surface area contributed by atoms with Gasteiger partial charge in [0.25, 0.3) is 0 Å². The lowest BCUT2D eigenvalue weighted by Crippen LogP contribution is -2.46. The molecular formula is C11H22N2O2. The monoisotopic (exact) mass is 214 g/mol. The largest absolute Gasteiger partial charge is 0.394 e. The number of hydrogen-bond acceptors (Lipinski definition) is 3. The minimum atomic E-state index is -0.0973. The lowest BCUT2D eigenvalue weighted by Gasteiger charge is -2.20. The third-order valence-electron chi connectivity index (χ3n) is 2.70. The molecule has 1 rings (SSSR count). The predicted molar refractivity (Wildman–Crippen MR) is 59.5 cm³/mol. The second-order valence-corrected chi connectivity index (χ2v) is 4.67. The zero-order valence-electron chi connectivity index (χ0n) is 9.62. The summed E-state index contributed by atoms with van der Waals surface area (Å²) in [6.07, 6.45) is 2.80. The van der Waals surface area contributed by atoms with Crippen LogP contribution < -0.4 is 10.6 Å². The van der Waals surface area contributed by atoms with Crippen molar-refractivity contribution in [3.63, 3.8) is 0 Å². The summed E-state index contributed by atoms with van der Waals surface area (Å²) in [7, 11) is 0. The quantitative estimate of drug-likeness (QED) is 0.615. The standard InChI is InChI=1S/C11H22N2O2/c1-8(2)6-9(7-14)13-11(15)10-4-3-5-12-10/h8-10,12,14H,3-7H2,1-2H3,(H,13,15). The van der Waals surface area contributed by atoms with E-state index in [4.69, 9.17) is 5.11 Å². The van der Waals surface area contributed by atoms with E-state index in [1.807, 2.05) is 0 Å². The highest BCUT2D eigenvalue weighted by Crippen LogP contribution is 2.08. The van der Waals surface area contributed by atoms with Crippen LogP contribution in [0.15, 0.2) is 0 Å². The van der Waals surface area contributed by atoms with Crippen LogP contribution in [-0.2, 0) is 4.79 Å². The second kappa shape index (κ2) is 6.08. The lowest BCUT2D eigenvalue weighted by atomic mass is 10.0. The molecular weight excluding hydrogens is 192 g/mol. The van der Waals surface area contributed by atoms with Gasteiger partial charge in [-0.25, -0.2) is 0 Å². The van der Waals surface area contributed by atoms with Gasteiger partial charge in [-0.15, -0.1) is 0 Å². The number of carbonyl (C=O) groups excluding carboxylic acids is 1. The molecule has 88 valence electrons. The summed E-state index contributed by atoms with van der Waals surface area (Å²) in [5.41, 5.74) is 0. The highest BCUT2D eigenvalue weighted by Gasteiger charge is 2.24. The minimum Gasteiger partial charge on any atom is -0.394 e. The summed E-state index contributed by atoms with van der Waals surface area (Å²) in [6, 6.07) is -0.147. The van der Waals surface area contributed by atoms with Gasteiger partial charge in [-0.05, 0) is 31.7 Å². The van der Waals surface area contributed by atoms with Gasteiger partial charge in [0, 0.05) is 0 Å². The molecule has 4 nitrogen and oxygen atoms in total. The van der Waals surface area contributed by atoms with E-state index in [2.05, 4.69) is 24.5 Å². The van der Waals surface area contributed by atoms with E-state index in [1.54, 1.807) is 0 Å². The molecule has 0 aliphatic carbocycles. The maximum absolute atomic E-state index is 11.7. The van der Waals surface area contributed by atoms with Crippen molar-refractivity contribution in [2.45, 2.75) is 45.2 Å². The molecule has 0 aromatic heterocycles. The van der Waals surface area contributed by atoms with E-state index in [9.17, 15) is 4.79 Å². The molecule has 0 bridgehead atoms. The zero-order valence-corrected chi connectivity index (χ0v) is 9.62. The molecule has 4 heteroatoms. The molecule has 2 unspecified atom stereocenters. The first kappa shape index (κ1) is 12.5. The summed E-state index contributed by atoms with van der Waals surface area (Å²) >= 11 is 0. The molecule has 3 N–H and O–H groups in total. The molecule has 0 aromatic rings. The maximum atomic E-state index is 11.7. The summed E-state index contributed by atoms with van der Waals surface area (Å²) in [5, 5.41) is 15.2. The van der Waals surface area contributed by atoms with Crippen LogP contribution in [0.3, 0.4) is 0 Å². The first-order valence-corrected chi connectivity index (χ1v) is 5.78. The Morgan fingerprint density at radius 2 is 2.33 bits per heavy atom. The Bertz CT molecular complexity index is 201. The number of aliphatic hydroxyl groups excluding tert-OH is 1. The number of hydrogen-bond donors (Lipinski definition) is 3. The van der Waals surface area contributed by atoms with Gasteiger partial charge >= 0.3 is 0 Å². The van der Waals surface area contributed by atoms with E-state index in [1.165, 1.54) is 0 Å². The van der Waals surface area contributed by atoms with Gasteiger partial charge in [0.1, 0.15) is 0 Å². The van der Waals surface area contributed by atoms with Crippen molar-refractivity contribution < 1.29 is 9.90 Å². The molecule has 1 heterocycles. The van der Waals surface area contributed by atoms with Gasteiger partial charge in [-0.3, -0.25) is 4.79 Å². The van der Waals surface area contributed by atoms with Crippen LogP contribution in [0.1, 0.15) is 33.1 Å².